The summed E-state index contributed by atoms with van der Waals surface area (Å²) in [5.41, 5.74) is 0.761. The van der Waals surface area contributed by atoms with Gasteiger partial charge in [0.1, 0.15) is 5.69 Å². The van der Waals surface area contributed by atoms with E-state index in [9.17, 15) is 0 Å². The number of imidazole rings is 1. The normalized spacial score (nSPS) is 11.1. The van der Waals surface area contributed by atoms with Crippen molar-refractivity contribution in [3.63, 3.8) is 0 Å². The van der Waals surface area contributed by atoms with Crippen molar-refractivity contribution in [3.05, 3.63) is 23.5 Å². The highest BCUT2D eigenvalue weighted by Crippen LogP contribution is 2.25. The molecule has 0 bridgehead atoms. The summed E-state index contributed by atoms with van der Waals surface area (Å²) in [4.78, 5) is 11.5. The van der Waals surface area contributed by atoms with Gasteiger partial charge in [-0.1, -0.05) is 0 Å². The van der Waals surface area contributed by atoms with Crippen molar-refractivity contribution in [2.45, 2.75) is 6.29 Å². The zero-order chi connectivity index (χ0) is 10.7. The second kappa shape index (κ2) is 4.52. The maximum atomic E-state index is 5.11. The monoisotopic (exact) mass is 225 g/mol. The molecule has 0 saturated heterocycles. The quantitative estimate of drug-likeness (QED) is 0.806. The zero-order valence-corrected chi connectivity index (χ0v) is 9.25. The minimum atomic E-state index is -0.412. The van der Waals surface area contributed by atoms with Gasteiger partial charge in [-0.3, -0.25) is 0 Å². The summed E-state index contributed by atoms with van der Waals surface area (Å²) in [5, 5.41) is 2.73. The van der Waals surface area contributed by atoms with Crippen LogP contribution < -0.4 is 0 Å². The van der Waals surface area contributed by atoms with Gasteiger partial charge in [0, 0.05) is 32.0 Å². The molecule has 5 nitrogen and oxygen atoms in total. The van der Waals surface area contributed by atoms with Gasteiger partial charge in [-0.2, -0.15) is 0 Å². The molecule has 1 N–H and O–H groups in total. The highest BCUT2D eigenvalue weighted by Gasteiger charge is 2.14. The van der Waals surface area contributed by atoms with Crippen LogP contribution in [0, 0.1) is 0 Å². The number of aromatic amines is 1. The van der Waals surface area contributed by atoms with Crippen molar-refractivity contribution in [2.75, 3.05) is 14.2 Å². The number of nitrogens with one attached hydrogen (secondary N) is 1. The smallest absolute Gasteiger partial charge is 0.201 e. The number of ether oxygens (including phenoxy) is 2. The van der Waals surface area contributed by atoms with Gasteiger partial charge in [-0.25, -0.2) is 9.97 Å². The largest absolute Gasteiger partial charge is 0.350 e. The van der Waals surface area contributed by atoms with Crippen LogP contribution in [0.2, 0.25) is 0 Å². The summed E-state index contributed by atoms with van der Waals surface area (Å²) < 4.78 is 10.2. The lowest BCUT2D eigenvalue weighted by atomic mass is 10.5. The van der Waals surface area contributed by atoms with Crippen LogP contribution >= 0.6 is 11.3 Å². The average Bonchev–Trinajstić information content (AvgIpc) is 2.89. The van der Waals surface area contributed by atoms with E-state index in [0.29, 0.717) is 0 Å². The summed E-state index contributed by atoms with van der Waals surface area (Å²) in [5.74, 6) is 0.761. The van der Waals surface area contributed by atoms with Crippen LogP contribution in [0.15, 0.2) is 17.8 Å². The van der Waals surface area contributed by atoms with Crippen LogP contribution in [-0.2, 0) is 9.47 Å². The maximum absolute atomic E-state index is 5.11. The maximum Gasteiger partial charge on any atom is 0.201 e. The van der Waals surface area contributed by atoms with Gasteiger partial charge in [-0.15, -0.1) is 11.3 Å². The van der Waals surface area contributed by atoms with Gasteiger partial charge in [-0.05, 0) is 0 Å². The van der Waals surface area contributed by atoms with Crippen LogP contribution in [0.4, 0.5) is 0 Å². The van der Waals surface area contributed by atoms with Crippen molar-refractivity contribution in [2.24, 2.45) is 0 Å². The standard InChI is InChI=1S/C9H11N3O2S/c1-13-9(14-2)6-5-15-8(12-6)7-10-3-4-11-7/h3-5,9H,1-2H3,(H,10,11). The average molecular weight is 225 g/mol. The number of hydrogen-bond donors (Lipinski definition) is 1. The minimum absolute atomic E-state index is 0.412. The first-order valence-corrected chi connectivity index (χ1v) is 5.24. The molecule has 0 aromatic carbocycles. The van der Waals surface area contributed by atoms with Gasteiger partial charge in [0.2, 0.25) is 6.29 Å². The Balaban J connectivity index is 2.24. The van der Waals surface area contributed by atoms with E-state index in [-0.39, 0.29) is 0 Å². The molecule has 80 valence electrons. The van der Waals surface area contributed by atoms with Crippen molar-refractivity contribution in [3.8, 4) is 10.8 Å². The molecule has 2 heterocycles. The highest BCUT2D eigenvalue weighted by molar-refractivity contribution is 7.13. The summed E-state index contributed by atoms with van der Waals surface area (Å²) >= 11 is 1.50. The zero-order valence-electron chi connectivity index (χ0n) is 8.43. The lowest BCUT2D eigenvalue weighted by Crippen LogP contribution is -2.03. The number of methoxy groups -OCH3 is 2. The van der Waals surface area contributed by atoms with Crippen LogP contribution in [0.1, 0.15) is 12.0 Å². The topological polar surface area (TPSA) is 60.0 Å². The van der Waals surface area contributed by atoms with Gasteiger partial charge < -0.3 is 14.5 Å². The number of H-pyrrole nitrogens is 1. The van der Waals surface area contributed by atoms with E-state index >= 15 is 0 Å². The summed E-state index contributed by atoms with van der Waals surface area (Å²) in [6.45, 7) is 0. The van der Waals surface area contributed by atoms with E-state index in [1.165, 1.54) is 11.3 Å². The minimum Gasteiger partial charge on any atom is -0.350 e. The molecule has 0 fully saturated rings. The van der Waals surface area contributed by atoms with Crippen LogP contribution in [0.5, 0.6) is 0 Å². The number of nitrogens with zero attached hydrogens (tertiary/aromatic N) is 2. The molecule has 0 spiro atoms. The predicted octanol–water partition coefficient (Wildman–Crippen LogP) is 1.82. The van der Waals surface area contributed by atoms with Gasteiger partial charge >= 0.3 is 0 Å². The first-order chi connectivity index (χ1) is 7.35. The second-order valence-corrected chi connectivity index (χ2v) is 3.68. The van der Waals surface area contributed by atoms with Crippen LogP contribution in [0.3, 0.4) is 0 Å². The third kappa shape index (κ3) is 2.06. The molecule has 0 unspecified atom stereocenters. The highest BCUT2D eigenvalue weighted by atomic mass is 32.1. The summed E-state index contributed by atoms with van der Waals surface area (Å²) in [7, 11) is 3.17. The van der Waals surface area contributed by atoms with Crippen molar-refractivity contribution in [1.82, 2.24) is 15.0 Å². The Kier molecular flexibility index (Phi) is 3.10. The summed E-state index contributed by atoms with van der Waals surface area (Å²) in [6, 6.07) is 0. The predicted molar refractivity (Wildman–Crippen MR) is 56.5 cm³/mol. The van der Waals surface area contributed by atoms with Crippen molar-refractivity contribution < 1.29 is 9.47 Å². The molecule has 6 heteroatoms. The Labute approximate surface area is 91.1 Å². The number of rotatable bonds is 4. The van der Waals surface area contributed by atoms with Crippen LogP contribution in [-0.4, -0.2) is 29.2 Å². The Bertz CT molecular complexity index is 409. The van der Waals surface area contributed by atoms with Crippen LogP contribution in [0.25, 0.3) is 10.8 Å². The number of hydrogen-bond acceptors (Lipinski definition) is 5. The molecule has 15 heavy (non-hydrogen) atoms. The van der Waals surface area contributed by atoms with E-state index in [1.54, 1.807) is 26.6 Å². The Morgan fingerprint density at radius 1 is 1.40 bits per heavy atom. The first-order valence-electron chi connectivity index (χ1n) is 4.36. The molecule has 2 aromatic rings. The molecule has 0 aliphatic rings. The molecule has 0 atom stereocenters. The van der Waals surface area contributed by atoms with E-state index in [0.717, 1.165) is 16.5 Å². The molecule has 0 aliphatic carbocycles. The van der Waals surface area contributed by atoms with Gasteiger partial charge in [0.15, 0.2) is 10.8 Å². The molecule has 2 aromatic heterocycles. The fourth-order valence-electron chi connectivity index (χ4n) is 1.22. The Morgan fingerprint density at radius 3 is 2.80 bits per heavy atom. The van der Waals surface area contributed by atoms with Gasteiger partial charge in [0.05, 0.1) is 0 Å². The van der Waals surface area contributed by atoms with E-state index in [2.05, 4.69) is 15.0 Å². The van der Waals surface area contributed by atoms with E-state index < -0.39 is 6.29 Å². The Morgan fingerprint density at radius 2 is 2.20 bits per heavy atom. The molecule has 0 aliphatic heterocycles. The fourth-order valence-corrected chi connectivity index (χ4v) is 2.00. The third-order valence-electron chi connectivity index (χ3n) is 1.89. The van der Waals surface area contributed by atoms with Crippen molar-refractivity contribution in [1.29, 1.82) is 0 Å². The van der Waals surface area contributed by atoms with Gasteiger partial charge in [0.25, 0.3) is 0 Å². The number of thiazole rings is 1. The molecule has 2 rings (SSSR count). The molecular formula is C9H11N3O2S. The summed E-state index contributed by atoms with van der Waals surface area (Å²) in [6.07, 6.45) is 3.05. The fraction of sp³-hybridized carbons (Fsp3) is 0.333. The van der Waals surface area contributed by atoms with E-state index in [4.69, 9.17) is 9.47 Å². The Hall–Kier alpha value is -1.24. The molecule has 0 radical (unpaired) electrons. The van der Waals surface area contributed by atoms with E-state index in [1.807, 2.05) is 5.38 Å². The molecule has 0 amide bonds. The SMILES string of the molecule is COC(OC)c1csc(-c2ncc[nH]2)n1. The lowest BCUT2D eigenvalue weighted by molar-refractivity contribution is -0.108. The molecular weight excluding hydrogens is 214 g/mol. The lowest BCUT2D eigenvalue weighted by Gasteiger charge is -2.09. The number of aromatic nitrogens is 3. The first kappa shape index (κ1) is 10.3. The van der Waals surface area contributed by atoms with Crippen molar-refractivity contribution >= 4 is 11.3 Å². The molecule has 0 saturated carbocycles. The third-order valence-corrected chi connectivity index (χ3v) is 2.76. The second-order valence-electron chi connectivity index (χ2n) is 2.82.